The molecule has 1 N–H and O–H groups in total. The molecular weight excluding hydrogens is 267 g/mol. The smallest absolute Gasteiger partial charge is 0.252 e. The van der Waals surface area contributed by atoms with Crippen molar-refractivity contribution >= 4 is 17.5 Å². The number of aryl methyl sites for hydroxylation is 1. The zero-order valence-electron chi connectivity index (χ0n) is 10.3. The van der Waals surface area contributed by atoms with Crippen LogP contribution in [0.25, 0.3) is 0 Å². The summed E-state index contributed by atoms with van der Waals surface area (Å²) in [6.07, 6.45) is 4.76. The molecule has 0 aliphatic rings. The van der Waals surface area contributed by atoms with E-state index in [-0.39, 0.29) is 10.9 Å². The van der Waals surface area contributed by atoms with Gasteiger partial charge in [-0.1, -0.05) is 11.6 Å². The second kappa shape index (κ2) is 6.38. The monoisotopic (exact) mass is 280 g/mol. The minimum absolute atomic E-state index is 0.128. The third-order valence-electron chi connectivity index (χ3n) is 2.72. The lowest BCUT2D eigenvalue weighted by Gasteiger charge is -2.07. The van der Waals surface area contributed by atoms with Crippen LogP contribution in [0.15, 0.2) is 42.7 Å². The Morgan fingerprint density at radius 2 is 2.05 bits per heavy atom. The maximum absolute atomic E-state index is 12.9. The Bertz CT molecular complexity index is 555. The Kier molecular flexibility index (Phi) is 4.58. The summed E-state index contributed by atoms with van der Waals surface area (Å²) in [6, 6.07) is 7.66. The summed E-state index contributed by atoms with van der Waals surface area (Å²) in [5.74, 6) is -0.730. The number of hydrogen-bond acceptors (Lipinski definition) is 1. The molecule has 0 spiro atoms. The third-order valence-corrected chi connectivity index (χ3v) is 3.03. The summed E-state index contributed by atoms with van der Waals surface area (Å²) in [5.41, 5.74) is 0.295. The number of nitrogens with zero attached hydrogens (tertiary/aromatic N) is 1. The molecule has 3 nitrogen and oxygen atoms in total. The molecular formula is C14H14ClFN2O. The van der Waals surface area contributed by atoms with Gasteiger partial charge in [0.05, 0.1) is 10.6 Å². The van der Waals surface area contributed by atoms with Gasteiger partial charge >= 0.3 is 0 Å². The Morgan fingerprint density at radius 1 is 1.32 bits per heavy atom. The molecule has 100 valence electrons. The average Bonchev–Trinajstić information content (AvgIpc) is 2.87. The molecule has 0 radical (unpaired) electrons. The van der Waals surface area contributed by atoms with Gasteiger partial charge < -0.3 is 9.88 Å². The van der Waals surface area contributed by atoms with E-state index in [0.717, 1.165) is 19.0 Å². The molecule has 1 aromatic heterocycles. The summed E-state index contributed by atoms with van der Waals surface area (Å²) in [4.78, 5) is 11.8. The van der Waals surface area contributed by atoms with Gasteiger partial charge in [-0.25, -0.2) is 4.39 Å². The first-order valence-electron chi connectivity index (χ1n) is 6.01. The highest BCUT2D eigenvalue weighted by Gasteiger charge is 2.10. The van der Waals surface area contributed by atoms with E-state index in [1.807, 2.05) is 29.1 Å². The van der Waals surface area contributed by atoms with Crippen molar-refractivity contribution in [3.63, 3.8) is 0 Å². The molecule has 0 bridgehead atoms. The van der Waals surface area contributed by atoms with Crippen LogP contribution in [-0.2, 0) is 6.54 Å². The lowest BCUT2D eigenvalue weighted by molar-refractivity contribution is 0.0953. The molecule has 0 fully saturated rings. The van der Waals surface area contributed by atoms with Crippen molar-refractivity contribution in [1.82, 2.24) is 9.88 Å². The van der Waals surface area contributed by atoms with Crippen LogP contribution in [0.5, 0.6) is 0 Å². The lowest BCUT2D eigenvalue weighted by atomic mass is 10.2. The molecule has 2 rings (SSSR count). The summed E-state index contributed by atoms with van der Waals surface area (Å²) in [7, 11) is 0. The Morgan fingerprint density at radius 3 is 2.74 bits per heavy atom. The zero-order chi connectivity index (χ0) is 13.7. The SMILES string of the molecule is O=C(NCCCn1cccc1)c1ccc(F)cc1Cl. The molecule has 2 aromatic rings. The van der Waals surface area contributed by atoms with Gasteiger partial charge in [0.2, 0.25) is 0 Å². The minimum Gasteiger partial charge on any atom is -0.354 e. The number of aromatic nitrogens is 1. The van der Waals surface area contributed by atoms with Crippen LogP contribution in [0.3, 0.4) is 0 Å². The molecule has 19 heavy (non-hydrogen) atoms. The van der Waals surface area contributed by atoms with E-state index >= 15 is 0 Å². The van der Waals surface area contributed by atoms with Gasteiger partial charge in [-0.2, -0.15) is 0 Å². The Balaban J connectivity index is 1.81. The van der Waals surface area contributed by atoms with Crippen LogP contribution in [-0.4, -0.2) is 17.0 Å². The summed E-state index contributed by atoms with van der Waals surface area (Å²) in [6.45, 7) is 1.38. The largest absolute Gasteiger partial charge is 0.354 e. The van der Waals surface area contributed by atoms with E-state index in [0.29, 0.717) is 12.1 Å². The Labute approximate surface area is 116 Å². The summed E-state index contributed by atoms with van der Waals surface area (Å²) in [5, 5.41) is 2.89. The van der Waals surface area contributed by atoms with E-state index in [9.17, 15) is 9.18 Å². The van der Waals surface area contributed by atoms with E-state index < -0.39 is 5.82 Å². The maximum Gasteiger partial charge on any atom is 0.252 e. The van der Waals surface area contributed by atoms with Gasteiger partial charge in [0.15, 0.2) is 0 Å². The molecule has 0 atom stereocenters. The van der Waals surface area contributed by atoms with Crippen LogP contribution in [0, 0.1) is 5.82 Å². The number of carbonyl (C=O) groups excluding carboxylic acids is 1. The van der Waals surface area contributed by atoms with E-state index in [2.05, 4.69) is 5.32 Å². The van der Waals surface area contributed by atoms with Gasteiger partial charge in [-0.15, -0.1) is 0 Å². The number of benzene rings is 1. The number of nitrogens with one attached hydrogen (secondary N) is 1. The molecule has 1 amide bonds. The van der Waals surface area contributed by atoms with Crippen molar-refractivity contribution in [3.8, 4) is 0 Å². The zero-order valence-corrected chi connectivity index (χ0v) is 11.0. The van der Waals surface area contributed by atoms with Gasteiger partial charge in [-0.05, 0) is 36.8 Å². The van der Waals surface area contributed by atoms with Crippen molar-refractivity contribution in [3.05, 3.63) is 59.1 Å². The van der Waals surface area contributed by atoms with E-state index in [1.165, 1.54) is 12.1 Å². The van der Waals surface area contributed by atoms with Crippen molar-refractivity contribution in [2.75, 3.05) is 6.54 Å². The topological polar surface area (TPSA) is 34.0 Å². The molecule has 0 aliphatic heterocycles. The first kappa shape index (κ1) is 13.6. The highest BCUT2D eigenvalue weighted by Crippen LogP contribution is 2.16. The van der Waals surface area contributed by atoms with Crippen LogP contribution in [0.2, 0.25) is 5.02 Å². The normalized spacial score (nSPS) is 10.4. The average molecular weight is 281 g/mol. The quantitative estimate of drug-likeness (QED) is 0.839. The fourth-order valence-corrected chi connectivity index (χ4v) is 2.00. The molecule has 0 aliphatic carbocycles. The highest BCUT2D eigenvalue weighted by molar-refractivity contribution is 6.33. The van der Waals surface area contributed by atoms with E-state index in [4.69, 9.17) is 11.6 Å². The molecule has 5 heteroatoms. The van der Waals surface area contributed by atoms with Gasteiger partial charge in [0.1, 0.15) is 5.82 Å². The molecule has 0 saturated carbocycles. The standard InChI is InChI=1S/C14H14ClFN2O/c15-13-10-11(16)4-5-12(13)14(19)17-6-3-9-18-7-1-2-8-18/h1-2,4-5,7-8,10H,3,6,9H2,(H,17,19). The van der Waals surface area contributed by atoms with Crippen LogP contribution < -0.4 is 5.32 Å². The van der Waals surface area contributed by atoms with E-state index in [1.54, 1.807) is 0 Å². The molecule has 1 aromatic carbocycles. The van der Waals surface area contributed by atoms with Gasteiger partial charge in [0, 0.05) is 25.5 Å². The number of rotatable bonds is 5. The number of carbonyl (C=O) groups is 1. The fraction of sp³-hybridized carbons (Fsp3) is 0.214. The van der Waals surface area contributed by atoms with Crippen LogP contribution in [0.1, 0.15) is 16.8 Å². The molecule has 1 heterocycles. The second-order valence-corrected chi connectivity index (χ2v) is 4.56. The predicted molar refractivity (Wildman–Crippen MR) is 72.8 cm³/mol. The van der Waals surface area contributed by atoms with Crippen molar-refractivity contribution in [1.29, 1.82) is 0 Å². The van der Waals surface area contributed by atoms with Crippen molar-refractivity contribution in [2.24, 2.45) is 0 Å². The summed E-state index contributed by atoms with van der Waals surface area (Å²) >= 11 is 5.81. The van der Waals surface area contributed by atoms with Crippen LogP contribution in [0.4, 0.5) is 4.39 Å². The molecule has 0 saturated heterocycles. The van der Waals surface area contributed by atoms with Crippen molar-refractivity contribution in [2.45, 2.75) is 13.0 Å². The van der Waals surface area contributed by atoms with Crippen molar-refractivity contribution < 1.29 is 9.18 Å². The summed E-state index contributed by atoms with van der Waals surface area (Å²) < 4.78 is 14.9. The first-order chi connectivity index (χ1) is 9.16. The first-order valence-corrected chi connectivity index (χ1v) is 6.38. The Hall–Kier alpha value is -1.81. The second-order valence-electron chi connectivity index (χ2n) is 4.15. The minimum atomic E-state index is -0.450. The number of halogens is 2. The van der Waals surface area contributed by atoms with Crippen LogP contribution >= 0.6 is 11.6 Å². The predicted octanol–water partition coefficient (Wildman–Crippen LogP) is 3.10. The highest BCUT2D eigenvalue weighted by atomic mass is 35.5. The van der Waals surface area contributed by atoms with Gasteiger partial charge in [-0.3, -0.25) is 4.79 Å². The number of amides is 1. The fourth-order valence-electron chi connectivity index (χ4n) is 1.75. The third kappa shape index (κ3) is 3.83. The van der Waals surface area contributed by atoms with Gasteiger partial charge in [0.25, 0.3) is 5.91 Å². The lowest BCUT2D eigenvalue weighted by Crippen LogP contribution is -2.25. The maximum atomic E-state index is 12.9. The molecule has 0 unspecified atom stereocenters. The number of hydrogen-bond donors (Lipinski definition) is 1.